The van der Waals surface area contributed by atoms with Gasteiger partial charge in [-0.15, -0.1) is 0 Å². The molecule has 3 aliphatic rings. The molecule has 3 aliphatic heterocycles. The lowest BCUT2D eigenvalue weighted by Gasteiger charge is -2.56. The van der Waals surface area contributed by atoms with Gasteiger partial charge in [-0.1, -0.05) is 60.7 Å². The molecule has 0 spiro atoms. The monoisotopic (exact) mass is 338 g/mol. The van der Waals surface area contributed by atoms with Crippen LogP contribution < -0.4 is 0 Å². The van der Waals surface area contributed by atoms with Crippen molar-refractivity contribution < 1.29 is 14.7 Å². The molecule has 0 unspecified atom stereocenters. The fraction of sp³-hybridized carbons (Fsp3) is 0.455. The van der Waals surface area contributed by atoms with Crippen LogP contribution in [0.5, 0.6) is 0 Å². The van der Waals surface area contributed by atoms with Gasteiger partial charge < -0.3 is 14.7 Å². The van der Waals surface area contributed by atoms with Crippen LogP contribution in [0.25, 0.3) is 0 Å². The Hall–Kier alpha value is -1.68. The predicted molar refractivity (Wildman–Crippen MR) is 98.9 cm³/mol. The molecule has 0 radical (unpaired) electrons. The second-order valence-corrected chi connectivity index (χ2v) is 7.86. The molecule has 3 fully saturated rings. The molecule has 3 heterocycles. The number of aliphatic hydroxyl groups excluding tert-OH is 1. The van der Waals surface area contributed by atoms with Crippen molar-refractivity contribution in [2.45, 2.75) is 18.4 Å². The number of quaternary nitrogens is 1. The van der Waals surface area contributed by atoms with Crippen LogP contribution in [0.3, 0.4) is 0 Å². The normalized spacial score (nSPS) is 28.9. The molecule has 0 aliphatic carbocycles. The van der Waals surface area contributed by atoms with Crippen LogP contribution in [0.4, 0.5) is 0 Å². The van der Waals surface area contributed by atoms with Gasteiger partial charge in [-0.25, -0.2) is 0 Å². The Morgan fingerprint density at radius 3 is 1.88 bits per heavy atom. The third kappa shape index (κ3) is 2.80. The molecular weight excluding hydrogens is 310 g/mol. The lowest BCUT2D eigenvalue weighted by Crippen LogP contribution is -2.66. The van der Waals surface area contributed by atoms with Crippen molar-refractivity contribution in [1.82, 2.24) is 0 Å². The molecule has 0 saturated carbocycles. The number of hydrogen-bond acceptors (Lipinski definition) is 2. The first-order valence-electron chi connectivity index (χ1n) is 9.47. The maximum Gasteiger partial charge on any atom is 0.123 e. The van der Waals surface area contributed by atoms with Gasteiger partial charge in [0.05, 0.1) is 26.2 Å². The van der Waals surface area contributed by atoms with E-state index < -0.39 is 5.60 Å². The average molecular weight is 338 g/mol. The Balaban J connectivity index is 1.79. The topological polar surface area (TPSA) is 40.5 Å². The lowest BCUT2D eigenvalue weighted by molar-refractivity contribution is -0.948. The molecule has 3 nitrogen and oxygen atoms in total. The smallest absolute Gasteiger partial charge is 0.123 e. The molecule has 0 amide bonds. The molecule has 2 bridgehead atoms. The van der Waals surface area contributed by atoms with E-state index in [1.54, 1.807) is 0 Å². The molecule has 2 N–H and O–H groups in total. The first kappa shape index (κ1) is 16.8. The first-order valence-corrected chi connectivity index (χ1v) is 9.47. The highest BCUT2D eigenvalue weighted by Crippen LogP contribution is 2.49. The van der Waals surface area contributed by atoms with E-state index in [1.807, 2.05) is 36.4 Å². The SMILES string of the molecule is OCC[N+]12CCC(CC1)[C@H](C(O)(c1ccccc1)c1ccccc1)C2. The Morgan fingerprint density at radius 1 is 0.880 bits per heavy atom. The zero-order valence-corrected chi connectivity index (χ0v) is 14.7. The summed E-state index contributed by atoms with van der Waals surface area (Å²) in [6, 6.07) is 20.3. The summed E-state index contributed by atoms with van der Waals surface area (Å²) in [4.78, 5) is 0. The standard InChI is InChI=1S/C22H28NO2/c24-16-15-23-13-11-18(12-14-23)21(17-23)22(25,19-7-3-1-4-8-19)20-9-5-2-6-10-20/h1-10,18,21,24-25H,11-17H2/q+1/t18?,21-,23?/m1/s1. The van der Waals surface area contributed by atoms with Gasteiger partial charge in [-0.2, -0.15) is 0 Å². The van der Waals surface area contributed by atoms with E-state index in [1.165, 1.54) is 0 Å². The molecule has 3 heteroatoms. The van der Waals surface area contributed by atoms with Crippen molar-refractivity contribution in [3.63, 3.8) is 0 Å². The summed E-state index contributed by atoms with van der Waals surface area (Å²) in [6.07, 6.45) is 2.29. The summed E-state index contributed by atoms with van der Waals surface area (Å²) in [5, 5.41) is 21.7. The van der Waals surface area contributed by atoms with Crippen molar-refractivity contribution in [3.8, 4) is 0 Å². The maximum atomic E-state index is 12.1. The van der Waals surface area contributed by atoms with Gasteiger partial charge in [0.1, 0.15) is 12.1 Å². The van der Waals surface area contributed by atoms with Crippen LogP contribution in [0.1, 0.15) is 24.0 Å². The number of hydrogen-bond donors (Lipinski definition) is 2. The van der Waals surface area contributed by atoms with Crippen LogP contribution in [0.2, 0.25) is 0 Å². The van der Waals surface area contributed by atoms with Gasteiger partial charge in [0.25, 0.3) is 0 Å². The maximum absolute atomic E-state index is 12.1. The van der Waals surface area contributed by atoms with Gasteiger partial charge in [0.15, 0.2) is 0 Å². The van der Waals surface area contributed by atoms with Crippen molar-refractivity contribution >= 4 is 0 Å². The molecule has 2 aromatic carbocycles. The minimum absolute atomic E-state index is 0.186. The highest BCUT2D eigenvalue weighted by atomic mass is 16.3. The molecular formula is C22H28NO2+. The number of rotatable bonds is 5. The number of piperidine rings is 3. The van der Waals surface area contributed by atoms with E-state index in [0.29, 0.717) is 5.92 Å². The first-order chi connectivity index (χ1) is 12.2. The largest absolute Gasteiger partial charge is 0.391 e. The van der Waals surface area contributed by atoms with Crippen molar-refractivity contribution in [2.75, 3.05) is 32.8 Å². The number of fused-ring (bicyclic) bond motifs is 3. The summed E-state index contributed by atoms with van der Waals surface area (Å²) in [7, 11) is 0. The van der Waals surface area contributed by atoms with E-state index in [4.69, 9.17) is 0 Å². The number of benzene rings is 2. The Kier molecular flexibility index (Phi) is 4.40. The minimum Gasteiger partial charge on any atom is -0.391 e. The molecule has 0 aromatic heterocycles. The number of aliphatic hydroxyl groups is 2. The van der Waals surface area contributed by atoms with Crippen LogP contribution >= 0.6 is 0 Å². The quantitative estimate of drug-likeness (QED) is 0.823. The van der Waals surface area contributed by atoms with E-state index in [9.17, 15) is 10.2 Å². The van der Waals surface area contributed by atoms with E-state index >= 15 is 0 Å². The molecule has 3 saturated heterocycles. The Morgan fingerprint density at radius 2 is 1.40 bits per heavy atom. The van der Waals surface area contributed by atoms with Crippen LogP contribution in [-0.2, 0) is 5.60 Å². The van der Waals surface area contributed by atoms with Crippen LogP contribution in [0.15, 0.2) is 60.7 Å². The zero-order chi connectivity index (χ0) is 17.3. The predicted octanol–water partition coefficient (Wildman–Crippen LogP) is 2.77. The van der Waals surface area contributed by atoms with Gasteiger partial charge in [-0.05, 0) is 17.0 Å². The van der Waals surface area contributed by atoms with Crippen molar-refractivity contribution in [3.05, 3.63) is 71.8 Å². The summed E-state index contributed by atoms with van der Waals surface area (Å²) >= 11 is 0. The molecule has 25 heavy (non-hydrogen) atoms. The van der Waals surface area contributed by atoms with E-state index in [2.05, 4.69) is 24.3 Å². The van der Waals surface area contributed by atoms with Crippen molar-refractivity contribution in [2.24, 2.45) is 11.8 Å². The Labute approximate surface area is 150 Å². The third-order valence-electron chi connectivity index (χ3n) is 6.64. The molecule has 2 aromatic rings. The highest BCUT2D eigenvalue weighted by Gasteiger charge is 2.54. The summed E-state index contributed by atoms with van der Waals surface area (Å²) in [6.45, 7) is 4.27. The lowest BCUT2D eigenvalue weighted by atomic mass is 9.64. The molecule has 132 valence electrons. The summed E-state index contributed by atoms with van der Waals surface area (Å²) in [5.74, 6) is 0.732. The summed E-state index contributed by atoms with van der Waals surface area (Å²) < 4.78 is 0.958. The second-order valence-electron chi connectivity index (χ2n) is 7.86. The number of nitrogens with zero attached hydrogens (tertiary/aromatic N) is 1. The Bertz CT molecular complexity index is 647. The van der Waals surface area contributed by atoms with Gasteiger partial charge in [-0.3, -0.25) is 0 Å². The molecule has 1 atom stereocenters. The zero-order valence-electron chi connectivity index (χ0n) is 14.7. The minimum atomic E-state index is -0.965. The van der Waals surface area contributed by atoms with Gasteiger partial charge in [0, 0.05) is 18.8 Å². The highest BCUT2D eigenvalue weighted by molar-refractivity contribution is 5.37. The van der Waals surface area contributed by atoms with Crippen LogP contribution in [-0.4, -0.2) is 47.5 Å². The molecule has 5 rings (SSSR count). The van der Waals surface area contributed by atoms with Gasteiger partial charge in [0.2, 0.25) is 0 Å². The third-order valence-corrected chi connectivity index (χ3v) is 6.64. The van der Waals surface area contributed by atoms with Crippen LogP contribution in [0, 0.1) is 11.8 Å². The van der Waals surface area contributed by atoms with Gasteiger partial charge >= 0.3 is 0 Å². The summed E-state index contributed by atoms with van der Waals surface area (Å²) in [5.41, 5.74) is 1.01. The van der Waals surface area contributed by atoms with Crippen molar-refractivity contribution in [1.29, 1.82) is 0 Å². The fourth-order valence-corrected chi connectivity index (χ4v) is 5.27. The average Bonchev–Trinajstić information content (AvgIpc) is 2.69. The van der Waals surface area contributed by atoms with E-state index in [-0.39, 0.29) is 12.5 Å². The second kappa shape index (κ2) is 6.56. The van der Waals surface area contributed by atoms with E-state index in [0.717, 1.165) is 54.6 Å². The fourth-order valence-electron chi connectivity index (χ4n) is 5.27.